The quantitative estimate of drug-likeness (QED) is 0.692. The van der Waals surface area contributed by atoms with Crippen molar-refractivity contribution in [2.45, 2.75) is 16.8 Å². The van der Waals surface area contributed by atoms with E-state index in [4.69, 9.17) is 0 Å². The van der Waals surface area contributed by atoms with E-state index in [-0.39, 0.29) is 0 Å². The first kappa shape index (κ1) is 13.5. The van der Waals surface area contributed by atoms with Gasteiger partial charge in [-0.2, -0.15) is 5.26 Å². The first-order chi connectivity index (χ1) is 10.3. The van der Waals surface area contributed by atoms with E-state index in [9.17, 15) is 5.26 Å². The first-order valence-corrected chi connectivity index (χ1v) is 7.52. The molecule has 3 rings (SSSR count). The summed E-state index contributed by atoms with van der Waals surface area (Å²) < 4.78 is 2.14. The number of aryl methyl sites for hydroxylation is 1. The summed E-state index contributed by atoms with van der Waals surface area (Å²) in [5.41, 5.74) is 2.86. The molecule has 2 nitrogen and oxygen atoms in total. The average Bonchev–Trinajstić information content (AvgIpc) is 2.85. The Bertz CT molecular complexity index is 783. The summed E-state index contributed by atoms with van der Waals surface area (Å²) in [6, 6.07) is 24.5. The molecule has 0 aliphatic carbocycles. The number of nitrogens with zero attached hydrogens (tertiary/aromatic N) is 2. The lowest BCUT2D eigenvalue weighted by Gasteiger charge is -2.11. The number of hydrogen-bond donors (Lipinski definition) is 0. The van der Waals surface area contributed by atoms with Gasteiger partial charge in [-0.3, -0.25) is 0 Å². The molecule has 2 aromatic carbocycles. The maximum atomic E-state index is 9.40. The minimum atomic E-state index is 0.713. The Hall–Kier alpha value is -2.44. The Morgan fingerprint density at radius 3 is 2.19 bits per heavy atom. The minimum Gasteiger partial charge on any atom is -0.308 e. The number of hydrogen-bond acceptors (Lipinski definition) is 2. The molecule has 0 fully saturated rings. The van der Waals surface area contributed by atoms with Gasteiger partial charge in [0.25, 0.3) is 0 Å². The van der Waals surface area contributed by atoms with Crippen LogP contribution in [0.1, 0.15) is 11.3 Å². The number of para-hydroxylation sites is 1. The Morgan fingerprint density at radius 2 is 1.57 bits per heavy atom. The van der Waals surface area contributed by atoms with Crippen molar-refractivity contribution in [2.24, 2.45) is 0 Å². The van der Waals surface area contributed by atoms with Gasteiger partial charge in [0.15, 0.2) is 0 Å². The average molecular weight is 290 g/mol. The highest BCUT2D eigenvalue weighted by Gasteiger charge is 2.15. The van der Waals surface area contributed by atoms with Crippen molar-refractivity contribution in [2.75, 3.05) is 0 Å². The maximum Gasteiger partial charge on any atom is 0.103 e. The van der Waals surface area contributed by atoms with E-state index < -0.39 is 0 Å². The Labute approximate surface area is 128 Å². The lowest BCUT2D eigenvalue weighted by Crippen LogP contribution is -1.98. The molecule has 0 aliphatic rings. The van der Waals surface area contributed by atoms with Crippen LogP contribution in [0.5, 0.6) is 0 Å². The van der Waals surface area contributed by atoms with Crippen LogP contribution in [0.4, 0.5) is 0 Å². The number of benzene rings is 2. The Kier molecular flexibility index (Phi) is 3.81. The molecular formula is C18H14N2S. The third-order valence-corrected chi connectivity index (χ3v) is 4.34. The van der Waals surface area contributed by atoms with E-state index in [0.29, 0.717) is 5.56 Å². The zero-order valence-electron chi connectivity index (χ0n) is 11.7. The molecule has 0 amide bonds. The van der Waals surface area contributed by atoms with Gasteiger partial charge in [0.2, 0.25) is 0 Å². The van der Waals surface area contributed by atoms with Crippen molar-refractivity contribution in [3.8, 4) is 11.8 Å². The van der Waals surface area contributed by atoms with E-state index in [1.54, 1.807) is 11.8 Å². The van der Waals surface area contributed by atoms with Crippen LogP contribution >= 0.6 is 11.8 Å². The van der Waals surface area contributed by atoms with Crippen molar-refractivity contribution >= 4 is 11.8 Å². The Balaban J connectivity index is 2.13. The molecule has 3 heteroatoms. The van der Waals surface area contributed by atoms with Crippen LogP contribution in [0, 0.1) is 18.3 Å². The molecule has 0 saturated carbocycles. The molecule has 0 bridgehead atoms. The molecule has 0 aliphatic heterocycles. The molecule has 0 radical (unpaired) electrons. The molecule has 21 heavy (non-hydrogen) atoms. The fourth-order valence-corrected chi connectivity index (χ4v) is 3.37. The summed E-state index contributed by atoms with van der Waals surface area (Å²) in [5.74, 6) is 0. The van der Waals surface area contributed by atoms with Gasteiger partial charge in [0, 0.05) is 16.3 Å². The van der Waals surface area contributed by atoms with E-state index in [0.717, 1.165) is 21.3 Å². The monoisotopic (exact) mass is 290 g/mol. The van der Waals surface area contributed by atoms with Gasteiger partial charge < -0.3 is 4.57 Å². The molecule has 1 aromatic heterocycles. The lowest BCUT2D eigenvalue weighted by molar-refractivity contribution is 0.909. The van der Waals surface area contributed by atoms with Gasteiger partial charge in [0.1, 0.15) is 11.1 Å². The van der Waals surface area contributed by atoms with Gasteiger partial charge in [-0.25, -0.2) is 0 Å². The second kappa shape index (κ2) is 5.90. The van der Waals surface area contributed by atoms with E-state index in [2.05, 4.69) is 34.9 Å². The molecule has 0 unspecified atom stereocenters. The molecule has 1 heterocycles. The van der Waals surface area contributed by atoms with Crippen LogP contribution < -0.4 is 0 Å². The zero-order valence-corrected chi connectivity index (χ0v) is 12.5. The van der Waals surface area contributed by atoms with Crippen LogP contribution in [0.2, 0.25) is 0 Å². The summed E-state index contributed by atoms with van der Waals surface area (Å²) in [7, 11) is 0. The van der Waals surface area contributed by atoms with Gasteiger partial charge >= 0.3 is 0 Å². The predicted molar refractivity (Wildman–Crippen MR) is 85.8 cm³/mol. The third kappa shape index (κ3) is 2.72. The molecule has 102 valence electrons. The maximum absolute atomic E-state index is 9.40. The van der Waals surface area contributed by atoms with Crippen molar-refractivity contribution in [3.05, 3.63) is 78.0 Å². The number of nitriles is 1. The summed E-state index contributed by atoms with van der Waals surface area (Å²) in [5, 5.41) is 10.4. The fourth-order valence-electron chi connectivity index (χ4n) is 2.29. The SMILES string of the molecule is Cc1cc(C#N)c(Sc2ccccc2)n1-c1ccccc1. The highest BCUT2D eigenvalue weighted by molar-refractivity contribution is 7.99. The molecule has 0 spiro atoms. The number of aromatic nitrogens is 1. The highest BCUT2D eigenvalue weighted by Crippen LogP contribution is 2.34. The molecule has 0 atom stereocenters. The highest BCUT2D eigenvalue weighted by atomic mass is 32.2. The van der Waals surface area contributed by atoms with Crippen molar-refractivity contribution in [3.63, 3.8) is 0 Å². The molecule has 0 N–H and O–H groups in total. The molecular weight excluding hydrogens is 276 g/mol. The fraction of sp³-hybridized carbons (Fsp3) is 0.0556. The van der Waals surface area contributed by atoms with Gasteiger partial charge in [-0.15, -0.1) is 0 Å². The second-order valence-corrected chi connectivity index (χ2v) is 5.76. The summed E-state index contributed by atoms with van der Waals surface area (Å²) >= 11 is 1.62. The summed E-state index contributed by atoms with van der Waals surface area (Å²) in [6.45, 7) is 2.03. The van der Waals surface area contributed by atoms with Crippen LogP contribution in [0.3, 0.4) is 0 Å². The Morgan fingerprint density at radius 1 is 0.952 bits per heavy atom. The smallest absolute Gasteiger partial charge is 0.103 e. The lowest BCUT2D eigenvalue weighted by atomic mass is 10.3. The predicted octanol–water partition coefficient (Wildman–Crippen LogP) is 4.81. The number of rotatable bonds is 3. The molecule has 0 saturated heterocycles. The van der Waals surface area contributed by atoms with E-state index in [1.165, 1.54) is 0 Å². The van der Waals surface area contributed by atoms with Crippen LogP contribution in [-0.2, 0) is 0 Å². The van der Waals surface area contributed by atoms with Crippen LogP contribution in [-0.4, -0.2) is 4.57 Å². The molecule has 3 aromatic rings. The van der Waals surface area contributed by atoms with Gasteiger partial charge in [-0.05, 0) is 37.3 Å². The summed E-state index contributed by atoms with van der Waals surface area (Å²) in [6.07, 6.45) is 0. The van der Waals surface area contributed by atoms with Crippen LogP contribution in [0.15, 0.2) is 76.7 Å². The van der Waals surface area contributed by atoms with Crippen molar-refractivity contribution < 1.29 is 0 Å². The first-order valence-electron chi connectivity index (χ1n) is 6.70. The van der Waals surface area contributed by atoms with Crippen molar-refractivity contribution in [1.82, 2.24) is 4.57 Å². The van der Waals surface area contributed by atoms with E-state index in [1.807, 2.05) is 49.4 Å². The van der Waals surface area contributed by atoms with Crippen LogP contribution in [0.25, 0.3) is 5.69 Å². The minimum absolute atomic E-state index is 0.713. The largest absolute Gasteiger partial charge is 0.308 e. The second-order valence-electron chi connectivity index (χ2n) is 4.70. The standard InChI is InChI=1S/C18H14N2S/c1-14-12-15(13-19)18(21-17-10-6-3-7-11-17)20(14)16-8-4-2-5-9-16/h2-12H,1H3. The summed E-state index contributed by atoms with van der Waals surface area (Å²) in [4.78, 5) is 1.13. The van der Waals surface area contributed by atoms with Gasteiger partial charge in [0.05, 0.1) is 5.56 Å². The van der Waals surface area contributed by atoms with E-state index >= 15 is 0 Å². The van der Waals surface area contributed by atoms with Crippen molar-refractivity contribution in [1.29, 1.82) is 5.26 Å². The topological polar surface area (TPSA) is 28.7 Å². The normalized spacial score (nSPS) is 10.3. The third-order valence-electron chi connectivity index (χ3n) is 3.23. The van der Waals surface area contributed by atoms with Gasteiger partial charge in [-0.1, -0.05) is 48.2 Å². The zero-order chi connectivity index (χ0) is 14.7.